The third-order valence-corrected chi connectivity index (χ3v) is 4.09. The fourth-order valence-electron chi connectivity index (χ4n) is 2.64. The first-order chi connectivity index (χ1) is 12.2. The maximum atomic E-state index is 12.0. The first-order valence-corrected chi connectivity index (χ1v) is 8.39. The first kappa shape index (κ1) is 16.8. The van der Waals surface area contributed by atoms with Gasteiger partial charge in [-0.1, -0.05) is 42.5 Å². The Morgan fingerprint density at radius 3 is 2.56 bits per heavy atom. The van der Waals surface area contributed by atoms with E-state index in [4.69, 9.17) is 0 Å². The number of amides is 2. The lowest BCUT2D eigenvalue weighted by atomic mass is 10.1. The molecule has 2 amide bonds. The molecule has 1 atom stereocenters. The van der Waals surface area contributed by atoms with Crippen molar-refractivity contribution in [3.8, 4) is 5.69 Å². The van der Waals surface area contributed by atoms with Gasteiger partial charge in [0.15, 0.2) is 0 Å². The summed E-state index contributed by atoms with van der Waals surface area (Å²) >= 11 is 0. The second-order valence-corrected chi connectivity index (χ2v) is 5.92. The predicted molar refractivity (Wildman–Crippen MR) is 98.7 cm³/mol. The Bertz CT molecular complexity index is 782. The summed E-state index contributed by atoms with van der Waals surface area (Å²) in [5, 5.41) is 5.87. The van der Waals surface area contributed by atoms with Gasteiger partial charge < -0.3 is 15.2 Å². The van der Waals surface area contributed by atoms with Gasteiger partial charge in [0.1, 0.15) is 0 Å². The minimum atomic E-state index is -0.151. The zero-order chi connectivity index (χ0) is 17.5. The van der Waals surface area contributed by atoms with Gasteiger partial charge in [-0.3, -0.25) is 0 Å². The summed E-state index contributed by atoms with van der Waals surface area (Å²) < 4.78 is 1.94. The Morgan fingerprint density at radius 1 is 1.12 bits per heavy atom. The molecule has 0 saturated heterocycles. The van der Waals surface area contributed by atoms with Crippen LogP contribution in [0.3, 0.4) is 0 Å². The molecule has 0 aliphatic heterocycles. The molecular weight excluding hydrogens is 312 g/mol. The van der Waals surface area contributed by atoms with E-state index in [1.807, 2.05) is 60.2 Å². The van der Waals surface area contributed by atoms with E-state index in [0.717, 1.165) is 17.7 Å². The molecule has 1 heterocycles. The highest BCUT2D eigenvalue weighted by Gasteiger charge is 2.09. The fourth-order valence-corrected chi connectivity index (χ4v) is 2.64. The molecule has 5 nitrogen and oxygen atoms in total. The van der Waals surface area contributed by atoms with E-state index in [0.29, 0.717) is 6.54 Å². The summed E-state index contributed by atoms with van der Waals surface area (Å²) in [4.78, 5) is 16.1. The van der Waals surface area contributed by atoms with Crippen molar-refractivity contribution in [1.82, 2.24) is 20.2 Å². The van der Waals surface area contributed by atoms with Crippen molar-refractivity contribution in [2.45, 2.75) is 19.4 Å². The quantitative estimate of drug-likeness (QED) is 0.725. The normalized spacial score (nSPS) is 11.7. The molecule has 25 heavy (non-hydrogen) atoms. The molecule has 0 saturated carbocycles. The number of hydrogen-bond acceptors (Lipinski definition) is 2. The van der Waals surface area contributed by atoms with Gasteiger partial charge in [-0.15, -0.1) is 0 Å². The zero-order valence-electron chi connectivity index (χ0n) is 14.2. The van der Waals surface area contributed by atoms with Crippen LogP contribution in [0.15, 0.2) is 73.3 Å². The Hall–Kier alpha value is -3.08. The zero-order valence-corrected chi connectivity index (χ0v) is 14.2. The maximum absolute atomic E-state index is 12.0. The van der Waals surface area contributed by atoms with Crippen LogP contribution in [0.2, 0.25) is 0 Å². The second kappa shape index (κ2) is 8.15. The van der Waals surface area contributed by atoms with Crippen LogP contribution in [0.25, 0.3) is 5.69 Å². The van der Waals surface area contributed by atoms with Crippen molar-refractivity contribution in [3.05, 3.63) is 84.4 Å². The van der Waals surface area contributed by atoms with Gasteiger partial charge in [-0.25, -0.2) is 9.78 Å². The summed E-state index contributed by atoms with van der Waals surface area (Å²) in [6.45, 7) is 2.59. The van der Waals surface area contributed by atoms with E-state index in [2.05, 4.69) is 27.8 Å². The van der Waals surface area contributed by atoms with Gasteiger partial charge in [-0.05, 0) is 36.6 Å². The minimum Gasteiger partial charge on any atom is -0.338 e. The number of nitrogens with zero attached hydrogens (tertiary/aromatic N) is 2. The van der Waals surface area contributed by atoms with E-state index in [9.17, 15) is 4.79 Å². The van der Waals surface area contributed by atoms with Crippen LogP contribution in [0.4, 0.5) is 4.79 Å². The molecule has 0 bridgehead atoms. The van der Waals surface area contributed by atoms with Crippen LogP contribution in [0, 0.1) is 0 Å². The highest BCUT2D eigenvalue weighted by Crippen LogP contribution is 2.15. The Kier molecular flexibility index (Phi) is 5.46. The van der Waals surface area contributed by atoms with Crippen molar-refractivity contribution >= 4 is 6.03 Å². The summed E-state index contributed by atoms with van der Waals surface area (Å²) in [7, 11) is 0. The molecule has 2 N–H and O–H groups in total. The molecule has 0 unspecified atom stereocenters. The van der Waals surface area contributed by atoms with Gasteiger partial charge >= 0.3 is 6.03 Å². The molecule has 3 rings (SSSR count). The number of aromatic nitrogens is 2. The molecule has 5 heteroatoms. The van der Waals surface area contributed by atoms with Gasteiger partial charge in [-0.2, -0.15) is 0 Å². The minimum absolute atomic E-state index is 0.0615. The smallest absolute Gasteiger partial charge is 0.315 e. The van der Waals surface area contributed by atoms with Crippen molar-refractivity contribution in [2.24, 2.45) is 0 Å². The maximum Gasteiger partial charge on any atom is 0.315 e. The van der Waals surface area contributed by atoms with Crippen LogP contribution in [0.1, 0.15) is 24.1 Å². The number of carbonyl (C=O) groups is 1. The molecule has 0 radical (unpaired) electrons. The van der Waals surface area contributed by atoms with Crippen LogP contribution in [-0.2, 0) is 6.42 Å². The summed E-state index contributed by atoms with van der Waals surface area (Å²) in [5.74, 6) is 0. The highest BCUT2D eigenvalue weighted by molar-refractivity contribution is 5.74. The standard InChI is InChI=1S/C20H22N4O/c1-16(18-7-9-19(10-8-18)24-14-13-21-15-24)23-20(25)22-12-11-17-5-3-2-4-6-17/h2-10,13-16H,11-12H2,1H3,(H2,22,23,25)/t16-/m1/s1. The third-order valence-electron chi connectivity index (χ3n) is 4.09. The van der Waals surface area contributed by atoms with Gasteiger partial charge in [0, 0.05) is 24.6 Å². The molecule has 0 aliphatic rings. The van der Waals surface area contributed by atoms with Gasteiger partial charge in [0.25, 0.3) is 0 Å². The lowest BCUT2D eigenvalue weighted by Crippen LogP contribution is -2.38. The molecule has 3 aromatic rings. The van der Waals surface area contributed by atoms with Gasteiger partial charge in [0.05, 0.1) is 12.4 Å². The highest BCUT2D eigenvalue weighted by atomic mass is 16.2. The van der Waals surface area contributed by atoms with E-state index in [1.165, 1.54) is 5.56 Å². The van der Waals surface area contributed by atoms with Crippen LogP contribution in [-0.4, -0.2) is 22.1 Å². The second-order valence-electron chi connectivity index (χ2n) is 5.92. The largest absolute Gasteiger partial charge is 0.338 e. The molecule has 1 aromatic heterocycles. The summed E-state index contributed by atoms with van der Waals surface area (Å²) in [6.07, 6.45) is 6.23. The SMILES string of the molecule is C[C@@H](NC(=O)NCCc1ccccc1)c1ccc(-n2ccnc2)cc1. The summed E-state index contributed by atoms with van der Waals surface area (Å²) in [5.41, 5.74) is 3.31. The van der Waals surface area contributed by atoms with E-state index in [1.54, 1.807) is 12.5 Å². The van der Waals surface area contributed by atoms with Crippen LogP contribution in [0.5, 0.6) is 0 Å². The van der Waals surface area contributed by atoms with Crippen molar-refractivity contribution in [2.75, 3.05) is 6.54 Å². The third kappa shape index (κ3) is 4.70. The van der Waals surface area contributed by atoms with Crippen LogP contribution >= 0.6 is 0 Å². The molecular formula is C20H22N4O. The first-order valence-electron chi connectivity index (χ1n) is 8.39. The Balaban J connectivity index is 1.48. The average Bonchev–Trinajstić information content (AvgIpc) is 3.17. The Labute approximate surface area is 147 Å². The lowest BCUT2D eigenvalue weighted by molar-refractivity contribution is 0.238. The van der Waals surface area contributed by atoms with Gasteiger partial charge in [0.2, 0.25) is 0 Å². The fraction of sp³-hybridized carbons (Fsp3) is 0.200. The van der Waals surface area contributed by atoms with E-state index < -0.39 is 0 Å². The number of carbonyl (C=O) groups excluding carboxylic acids is 1. The molecule has 0 fully saturated rings. The lowest BCUT2D eigenvalue weighted by Gasteiger charge is -2.15. The average molecular weight is 334 g/mol. The topological polar surface area (TPSA) is 59.0 Å². The molecule has 0 spiro atoms. The number of nitrogens with one attached hydrogen (secondary N) is 2. The van der Waals surface area contributed by atoms with Crippen molar-refractivity contribution in [3.63, 3.8) is 0 Å². The van der Waals surface area contributed by atoms with E-state index in [-0.39, 0.29) is 12.1 Å². The number of benzene rings is 2. The number of rotatable bonds is 6. The van der Waals surface area contributed by atoms with Crippen molar-refractivity contribution in [1.29, 1.82) is 0 Å². The van der Waals surface area contributed by atoms with E-state index >= 15 is 0 Å². The molecule has 0 aliphatic carbocycles. The Morgan fingerprint density at radius 2 is 1.88 bits per heavy atom. The predicted octanol–water partition coefficient (Wildman–Crippen LogP) is 3.48. The summed E-state index contributed by atoms with van der Waals surface area (Å²) in [6, 6.07) is 18.0. The van der Waals surface area contributed by atoms with Crippen molar-refractivity contribution < 1.29 is 4.79 Å². The molecule has 2 aromatic carbocycles. The molecule has 128 valence electrons. The monoisotopic (exact) mass is 334 g/mol. The number of urea groups is 1. The van der Waals surface area contributed by atoms with Crippen LogP contribution < -0.4 is 10.6 Å². The number of imidazole rings is 1. The number of hydrogen-bond donors (Lipinski definition) is 2.